The van der Waals surface area contributed by atoms with E-state index in [2.05, 4.69) is 0 Å². The molecule has 1 aliphatic rings. The fourth-order valence-corrected chi connectivity index (χ4v) is 3.40. The lowest BCUT2D eigenvalue weighted by atomic mass is 10.0. The first-order valence-corrected chi connectivity index (χ1v) is 8.83. The standard InChI is InChI=1S/C23H19NO2/c25-22-11-6-16-24(21-10-5-4-9-20(21)22)23(26)19-14-12-18(13-15-19)17-7-2-1-3-8-17/h1-5,7-10,12-15H,6,11,16H2. The molecule has 0 aromatic heterocycles. The molecule has 0 aliphatic carbocycles. The van der Waals surface area contributed by atoms with Crippen LogP contribution in [0, 0.1) is 0 Å². The Kier molecular flexibility index (Phi) is 4.36. The lowest BCUT2D eigenvalue weighted by Gasteiger charge is -2.22. The highest BCUT2D eigenvalue weighted by Gasteiger charge is 2.25. The van der Waals surface area contributed by atoms with Crippen LogP contribution >= 0.6 is 0 Å². The van der Waals surface area contributed by atoms with Crippen molar-refractivity contribution in [2.45, 2.75) is 12.8 Å². The van der Waals surface area contributed by atoms with Crippen molar-refractivity contribution in [1.82, 2.24) is 0 Å². The van der Waals surface area contributed by atoms with Gasteiger partial charge in [-0.3, -0.25) is 9.59 Å². The van der Waals surface area contributed by atoms with E-state index in [4.69, 9.17) is 0 Å². The maximum atomic E-state index is 13.1. The van der Waals surface area contributed by atoms with Crippen LogP contribution in [0.15, 0.2) is 78.9 Å². The van der Waals surface area contributed by atoms with E-state index in [0.717, 1.165) is 11.1 Å². The summed E-state index contributed by atoms with van der Waals surface area (Å²) in [7, 11) is 0. The maximum Gasteiger partial charge on any atom is 0.258 e. The van der Waals surface area contributed by atoms with Crippen LogP contribution < -0.4 is 4.90 Å². The molecule has 0 spiro atoms. The van der Waals surface area contributed by atoms with Crippen LogP contribution in [-0.2, 0) is 0 Å². The first kappa shape index (κ1) is 16.3. The Morgan fingerprint density at radius 2 is 1.42 bits per heavy atom. The molecule has 0 saturated heterocycles. The van der Waals surface area contributed by atoms with E-state index in [1.807, 2.05) is 78.9 Å². The number of benzene rings is 3. The number of para-hydroxylation sites is 1. The third kappa shape index (κ3) is 3.04. The Hall–Kier alpha value is -3.20. The van der Waals surface area contributed by atoms with Crippen LogP contribution in [0.5, 0.6) is 0 Å². The molecule has 0 radical (unpaired) electrons. The van der Waals surface area contributed by atoms with E-state index < -0.39 is 0 Å². The van der Waals surface area contributed by atoms with Crippen molar-refractivity contribution in [3.63, 3.8) is 0 Å². The highest BCUT2D eigenvalue weighted by molar-refractivity contribution is 6.11. The van der Waals surface area contributed by atoms with Gasteiger partial charge < -0.3 is 4.90 Å². The average molecular weight is 341 g/mol. The lowest BCUT2D eigenvalue weighted by Crippen LogP contribution is -2.31. The molecule has 1 heterocycles. The van der Waals surface area contributed by atoms with E-state index in [1.54, 1.807) is 4.90 Å². The molecule has 1 aliphatic heterocycles. The summed E-state index contributed by atoms with van der Waals surface area (Å²) in [6.07, 6.45) is 1.16. The van der Waals surface area contributed by atoms with Gasteiger partial charge in [-0.05, 0) is 41.8 Å². The number of anilines is 1. The minimum absolute atomic E-state index is 0.0632. The van der Waals surface area contributed by atoms with Crippen molar-refractivity contribution >= 4 is 17.4 Å². The van der Waals surface area contributed by atoms with E-state index in [-0.39, 0.29) is 11.7 Å². The highest BCUT2D eigenvalue weighted by atomic mass is 16.2. The highest BCUT2D eigenvalue weighted by Crippen LogP contribution is 2.28. The Morgan fingerprint density at radius 1 is 0.769 bits per heavy atom. The van der Waals surface area contributed by atoms with E-state index >= 15 is 0 Å². The predicted molar refractivity (Wildman–Crippen MR) is 104 cm³/mol. The lowest BCUT2D eigenvalue weighted by molar-refractivity contribution is 0.0974. The zero-order chi connectivity index (χ0) is 17.9. The number of ketones is 1. The summed E-state index contributed by atoms with van der Waals surface area (Å²) in [6.45, 7) is 0.558. The molecule has 0 saturated carbocycles. The van der Waals surface area contributed by atoms with Crippen LogP contribution in [0.3, 0.4) is 0 Å². The van der Waals surface area contributed by atoms with Gasteiger partial charge in [0.2, 0.25) is 0 Å². The van der Waals surface area contributed by atoms with Gasteiger partial charge in [0.1, 0.15) is 0 Å². The molecule has 0 N–H and O–H groups in total. The zero-order valence-electron chi connectivity index (χ0n) is 14.4. The summed E-state index contributed by atoms with van der Waals surface area (Å²) in [5, 5.41) is 0. The Bertz CT molecular complexity index is 945. The molecule has 0 fully saturated rings. The maximum absolute atomic E-state index is 13.1. The van der Waals surface area contributed by atoms with Crippen LogP contribution in [0.25, 0.3) is 11.1 Å². The van der Waals surface area contributed by atoms with Crippen LogP contribution in [0.1, 0.15) is 33.6 Å². The number of rotatable bonds is 2. The van der Waals surface area contributed by atoms with E-state index in [0.29, 0.717) is 36.2 Å². The fraction of sp³-hybridized carbons (Fsp3) is 0.130. The molecule has 3 nitrogen and oxygen atoms in total. The Morgan fingerprint density at radius 3 is 2.19 bits per heavy atom. The number of fused-ring (bicyclic) bond motifs is 1. The molecule has 0 atom stereocenters. The summed E-state index contributed by atoms with van der Waals surface area (Å²) in [5.74, 6) is 0.0436. The molecule has 4 rings (SSSR count). The molecule has 0 unspecified atom stereocenters. The molecular formula is C23H19NO2. The number of hydrogen-bond acceptors (Lipinski definition) is 2. The summed E-state index contributed by atoms with van der Waals surface area (Å²) in [4.78, 5) is 27.1. The first-order chi connectivity index (χ1) is 12.7. The largest absolute Gasteiger partial charge is 0.308 e. The Balaban J connectivity index is 1.65. The monoisotopic (exact) mass is 341 g/mol. The molecule has 128 valence electrons. The summed E-state index contributed by atoms with van der Waals surface area (Å²) in [5.41, 5.74) is 4.19. The van der Waals surface area contributed by atoms with Crippen molar-refractivity contribution in [2.24, 2.45) is 0 Å². The number of carbonyl (C=O) groups excluding carboxylic acids is 2. The van der Waals surface area contributed by atoms with Gasteiger partial charge in [-0.2, -0.15) is 0 Å². The molecular weight excluding hydrogens is 322 g/mol. The van der Waals surface area contributed by atoms with Gasteiger partial charge in [0, 0.05) is 24.1 Å². The number of hydrogen-bond donors (Lipinski definition) is 0. The van der Waals surface area contributed by atoms with Gasteiger partial charge in [0.25, 0.3) is 5.91 Å². The predicted octanol–water partition coefficient (Wildman–Crippen LogP) is 4.98. The minimum atomic E-state index is -0.0632. The number of amides is 1. The summed E-state index contributed by atoms with van der Waals surface area (Å²) in [6, 6.07) is 25.1. The van der Waals surface area contributed by atoms with Gasteiger partial charge in [0.15, 0.2) is 5.78 Å². The van der Waals surface area contributed by atoms with Gasteiger partial charge in [-0.25, -0.2) is 0 Å². The fourth-order valence-electron chi connectivity index (χ4n) is 3.40. The molecule has 3 aromatic carbocycles. The van der Waals surface area contributed by atoms with Gasteiger partial charge >= 0.3 is 0 Å². The topological polar surface area (TPSA) is 37.4 Å². The third-order valence-corrected chi connectivity index (χ3v) is 4.76. The first-order valence-electron chi connectivity index (χ1n) is 8.83. The third-order valence-electron chi connectivity index (χ3n) is 4.76. The zero-order valence-corrected chi connectivity index (χ0v) is 14.4. The number of carbonyl (C=O) groups is 2. The van der Waals surface area contributed by atoms with Gasteiger partial charge in [-0.15, -0.1) is 0 Å². The second kappa shape index (κ2) is 6.96. The van der Waals surface area contributed by atoms with Crippen LogP contribution in [0.4, 0.5) is 5.69 Å². The Labute approximate surface area is 152 Å². The molecule has 1 amide bonds. The number of Topliss-reactive ketones (excluding diaryl/α,β-unsaturated/α-hetero) is 1. The SMILES string of the molecule is O=C1CCCN(C(=O)c2ccc(-c3ccccc3)cc2)c2ccccc21. The smallest absolute Gasteiger partial charge is 0.258 e. The minimum Gasteiger partial charge on any atom is -0.308 e. The van der Waals surface area contributed by atoms with Crippen molar-refractivity contribution in [2.75, 3.05) is 11.4 Å². The van der Waals surface area contributed by atoms with E-state index in [9.17, 15) is 9.59 Å². The van der Waals surface area contributed by atoms with Crippen LogP contribution in [0.2, 0.25) is 0 Å². The second-order valence-electron chi connectivity index (χ2n) is 6.44. The molecule has 26 heavy (non-hydrogen) atoms. The molecule has 3 aromatic rings. The van der Waals surface area contributed by atoms with Crippen molar-refractivity contribution in [3.05, 3.63) is 90.0 Å². The molecule has 0 bridgehead atoms. The second-order valence-corrected chi connectivity index (χ2v) is 6.44. The van der Waals surface area contributed by atoms with Crippen molar-refractivity contribution in [3.8, 4) is 11.1 Å². The summed E-state index contributed by atoms with van der Waals surface area (Å²) >= 11 is 0. The molecule has 3 heteroatoms. The average Bonchev–Trinajstić information content (AvgIpc) is 2.87. The quantitative estimate of drug-likeness (QED) is 0.659. The van der Waals surface area contributed by atoms with E-state index in [1.165, 1.54) is 0 Å². The normalized spacial score (nSPS) is 13.8. The van der Waals surface area contributed by atoms with Crippen molar-refractivity contribution in [1.29, 1.82) is 0 Å². The number of nitrogens with zero attached hydrogens (tertiary/aromatic N) is 1. The van der Waals surface area contributed by atoms with Gasteiger partial charge in [-0.1, -0.05) is 54.6 Å². The van der Waals surface area contributed by atoms with Crippen molar-refractivity contribution < 1.29 is 9.59 Å². The van der Waals surface area contributed by atoms with Crippen LogP contribution in [-0.4, -0.2) is 18.2 Å². The van der Waals surface area contributed by atoms with Gasteiger partial charge in [0.05, 0.1) is 5.69 Å². The summed E-state index contributed by atoms with van der Waals surface area (Å²) < 4.78 is 0.